The van der Waals surface area contributed by atoms with Crippen molar-refractivity contribution in [3.8, 4) is 22.1 Å². The number of carbonyl (C=O) groups excluding carboxylic acids is 1. The third kappa shape index (κ3) is 3.90. The number of aryl methyl sites for hydroxylation is 1. The van der Waals surface area contributed by atoms with E-state index in [0.717, 1.165) is 16.9 Å². The van der Waals surface area contributed by atoms with E-state index >= 15 is 0 Å². The number of methoxy groups -OCH3 is 2. The molecule has 3 rings (SSSR count). The predicted octanol–water partition coefficient (Wildman–Crippen LogP) is 3.49. The summed E-state index contributed by atoms with van der Waals surface area (Å²) in [5.41, 5.74) is 7.37. The quantitative estimate of drug-likeness (QED) is 0.644. The first-order valence-electron chi connectivity index (χ1n) is 8.40. The lowest BCUT2D eigenvalue weighted by Gasteiger charge is -2.11. The van der Waals surface area contributed by atoms with Crippen LogP contribution in [-0.4, -0.2) is 25.3 Å². The molecule has 27 heavy (non-hydrogen) atoms. The number of rotatable bonds is 7. The highest BCUT2D eigenvalue weighted by molar-refractivity contribution is 7.15. The van der Waals surface area contributed by atoms with Crippen LogP contribution < -0.4 is 20.5 Å². The van der Waals surface area contributed by atoms with Gasteiger partial charge in [-0.25, -0.2) is 0 Å². The average Bonchev–Trinajstić information content (AvgIpc) is 3.32. The summed E-state index contributed by atoms with van der Waals surface area (Å²) in [6.45, 7) is 2.34. The second-order valence-corrected chi connectivity index (χ2v) is 6.92. The number of nitrogens with two attached hydrogens (primary N) is 1. The van der Waals surface area contributed by atoms with Gasteiger partial charge in [0.1, 0.15) is 22.8 Å². The number of aromatic nitrogens is 1. The molecule has 0 saturated carbocycles. The van der Waals surface area contributed by atoms with E-state index in [0.29, 0.717) is 17.2 Å². The van der Waals surface area contributed by atoms with E-state index in [9.17, 15) is 4.79 Å². The Morgan fingerprint density at radius 2 is 2.07 bits per heavy atom. The van der Waals surface area contributed by atoms with E-state index in [1.165, 1.54) is 4.88 Å². The lowest BCUT2D eigenvalue weighted by Crippen LogP contribution is -2.24. The zero-order valence-corrected chi connectivity index (χ0v) is 16.2. The summed E-state index contributed by atoms with van der Waals surface area (Å²) in [6.07, 6.45) is 0.913. The molecule has 0 radical (unpaired) electrons. The fraction of sp³-hybridized carbons (Fsp3) is 0.263. The van der Waals surface area contributed by atoms with Crippen LogP contribution in [0.5, 0.6) is 11.5 Å². The topological polar surface area (TPSA) is 99.6 Å². The molecule has 0 spiro atoms. The van der Waals surface area contributed by atoms with Gasteiger partial charge in [-0.15, -0.1) is 11.3 Å². The van der Waals surface area contributed by atoms with E-state index in [-0.39, 0.29) is 23.9 Å². The second kappa shape index (κ2) is 8.13. The molecule has 0 fully saturated rings. The number of nitrogens with one attached hydrogen (secondary N) is 1. The summed E-state index contributed by atoms with van der Waals surface area (Å²) in [5, 5.41) is 6.82. The van der Waals surface area contributed by atoms with Crippen LogP contribution in [0, 0.1) is 0 Å². The number of carbonyl (C=O) groups is 1. The minimum Gasteiger partial charge on any atom is -0.497 e. The summed E-state index contributed by atoms with van der Waals surface area (Å²) in [5.74, 6) is 0.944. The molecule has 8 heteroatoms. The standard InChI is InChI=1S/C19H21N3O4S/c1-4-13-7-8-15(27-13)17-16(18(20)26-22-17)19(23)21-10-11-5-6-12(24-2)9-14(11)25-3/h5-9H,4,10,20H2,1-3H3,(H,21,23). The highest BCUT2D eigenvalue weighted by Gasteiger charge is 2.23. The summed E-state index contributed by atoms with van der Waals surface area (Å²) in [4.78, 5) is 14.8. The normalized spacial score (nSPS) is 10.6. The largest absolute Gasteiger partial charge is 0.497 e. The van der Waals surface area contributed by atoms with Crippen molar-refractivity contribution < 1.29 is 18.8 Å². The molecule has 1 aromatic carbocycles. The van der Waals surface area contributed by atoms with Gasteiger partial charge < -0.3 is 25.0 Å². The number of hydrogen-bond acceptors (Lipinski definition) is 7. The van der Waals surface area contributed by atoms with Crippen LogP contribution in [-0.2, 0) is 13.0 Å². The van der Waals surface area contributed by atoms with Crippen molar-refractivity contribution in [1.82, 2.24) is 10.5 Å². The fourth-order valence-electron chi connectivity index (χ4n) is 2.65. The van der Waals surface area contributed by atoms with E-state index in [1.54, 1.807) is 37.7 Å². The Kier molecular flexibility index (Phi) is 5.66. The maximum Gasteiger partial charge on any atom is 0.259 e. The molecular formula is C19H21N3O4S. The molecule has 2 aromatic heterocycles. The number of benzene rings is 1. The number of thiophene rings is 1. The minimum atomic E-state index is -0.354. The molecule has 0 bridgehead atoms. The number of amides is 1. The number of nitrogens with zero attached hydrogens (tertiary/aromatic N) is 1. The first-order valence-corrected chi connectivity index (χ1v) is 9.22. The fourth-order valence-corrected chi connectivity index (χ4v) is 3.58. The first-order chi connectivity index (χ1) is 13.1. The second-order valence-electron chi connectivity index (χ2n) is 5.75. The predicted molar refractivity (Wildman–Crippen MR) is 104 cm³/mol. The number of nitrogen functional groups attached to an aromatic ring is 1. The van der Waals surface area contributed by atoms with Crippen LogP contribution in [0.2, 0.25) is 0 Å². The molecule has 0 aliphatic carbocycles. The molecule has 0 aliphatic heterocycles. The zero-order valence-electron chi connectivity index (χ0n) is 15.4. The van der Waals surface area contributed by atoms with Crippen LogP contribution in [0.1, 0.15) is 27.7 Å². The lowest BCUT2D eigenvalue weighted by molar-refractivity contribution is 0.0952. The molecule has 0 saturated heterocycles. The van der Waals surface area contributed by atoms with Crippen LogP contribution in [0.4, 0.5) is 5.88 Å². The molecule has 1 amide bonds. The van der Waals surface area contributed by atoms with E-state index in [2.05, 4.69) is 17.4 Å². The van der Waals surface area contributed by atoms with Gasteiger partial charge in [0.2, 0.25) is 5.88 Å². The maximum absolute atomic E-state index is 12.7. The SMILES string of the molecule is CCc1ccc(-c2noc(N)c2C(=O)NCc2ccc(OC)cc2OC)s1. The molecule has 142 valence electrons. The Hall–Kier alpha value is -3.00. The van der Waals surface area contributed by atoms with Gasteiger partial charge in [0.15, 0.2) is 0 Å². The van der Waals surface area contributed by atoms with Crippen LogP contribution in [0.15, 0.2) is 34.9 Å². The van der Waals surface area contributed by atoms with Crippen molar-refractivity contribution in [2.75, 3.05) is 20.0 Å². The Bertz CT molecular complexity index is 948. The number of anilines is 1. The van der Waals surface area contributed by atoms with Crippen molar-refractivity contribution in [2.45, 2.75) is 19.9 Å². The third-order valence-corrected chi connectivity index (χ3v) is 5.36. The number of hydrogen-bond donors (Lipinski definition) is 2. The summed E-state index contributed by atoms with van der Waals surface area (Å²) in [6, 6.07) is 9.33. The van der Waals surface area contributed by atoms with Gasteiger partial charge in [0.25, 0.3) is 5.91 Å². The van der Waals surface area contributed by atoms with Crippen molar-refractivity contribution in [1.29, 1.82) is 0 Å². The van der Waals surface area contributed by atoms with Crippen LogP contribution in [0.3, 0.4) is 0 Å². The summed E-state index contributed by atoms with van der Waals surface area (Å²) >= 11 is 1.56. The summed E-state index contributed by atoms with van der Waals surface area (Å²) in [7, 11) is 3.15. The van der Waals surface area contributed by atoms with E-state index < -0.39 is 0 Å². The highest BCUT2D eigenvalue weighted by Crippen LogP contribution is 2.33. The monoisotopic (exact) mass is 387 g/mol. The molecule has 3 aromatic rings. The van der Waals surface area contributed by atoms with Gasteiger partial charge >= 0.3 is 0 Å². The Morgan fingerprint density at radius 1 is 1.26 bits per heavy atom. The Balaban J connectivity index is 1.80. The van der Waals surface area contributed by atoms with Crippen LogP contribution >= 0.6 is 11.3 Å². The van der Waals surface area contributed by atoms with Gasteiger partial charge in [0, 0.05) is 23.1 Å². The average molecular weight is 387 g/mol. The van der Waals surface area contributed by atoms with Gasteiger partial charge in [-0.05, 0) is 30.7 Å². The van der Waals surface area contributed by atoms with Crippen molar-refractivity contribution >= 4 is 23.1 Å². The summed E-state index contributed by atoms with van der Waals surface area (Å²) < 4.78 is 15.6. The molecule has 2 heterocycles. The van der Waals surface area contributed by atoms with Crippen LogP contribution in [0.25, 0.3) is 10.6 Å². The van der Waals surface area contributed by atoms with Crippen molar-refractivity contribution in [3.63, 3.8) is 0 Å². The molecule has 3 N–H and O–H groups in total. The van der Waals surface area contributed by atoms with Gasteiger partial charge in [-0.3, -0.25) is 4.79 Å². The molecule has 7 nitrogen and oxygen atoms in total. The smallest absolute Gasteiger partial charge is 0.259 e. The van der Waals surface area contributed by atoms with Crippen molar-refractivity contribution in [3.05, 3.63) is 46.3 Å². The lowest BCUT2D eigenvalue weighted by atomic mass is 10.1. The molecule has 0 unspecified atom stereocenters. The third-order valence-electron chi connectivity index (χ3n) is 4.12. The first kappa shape index (κ1) is 18.8. The zero-order chi connectivity index (χ0) is 19.4. The maximum atomic E-state index is 12.7. The Morgan fingerprint density at radius 3 is 2.74 bits per heavy atom. The minimum absolute atomic E-state index is 0.00403. The van der Waals surface area contributed by atoms with Crippen molar-refractivity contribution in [2.24, 2.45) is 0 Å². The molecular weight excluding hydrogens is 366 g/mol. The highest BCUT2D eigenvalue weighted by atomic mass is 32.1. The molecule has 0 atom stereocenters. The number of ether oxygens (including phenoxy) is 2. The van der Waals surface area contributed by atoms with Gasteiger partial charge in [-0.2, -0.15) is 0 Å². The van der Waals surface area contributed by atoms with Gasteiger partial charge in [0.05, 0.1) is 19.1 Å². The van der Waals surface area contributed by atoms with E-state index in [1.807, 2.05) is 18.2 Å². The molecule has 0 aliphatic rings. The van der Waals surface area contributed by atoms with Gasteiger partial charge in [-0.1, -0.05) is 12.1 Å². The van der Waals surface area contributed by atoms with E-state index in [4.69, 9.17) is 19.7 Å². The Labute approximate surface area is 161 Å².